The van der Waals surface area contributed by atoms with Gasteiger partial charge in [0.1, 0.15) is 5.82 Å². The zero-order valence-electron chi connectivity index (χ0n) is 18.9. The molecule has 2 N–H and O–H groups in total. The first-order valence-corrected chi connectivity index (χ1v) is 10.9. The van der Waals surface area contributed by atoms with E-state index in [0.29, 0.717) is 38.8 Å². The third-order valence-corrected chi connectivity index (χ3v) is 6.36. The lowest BCUT2D eigenvalue weighted by Gasteiger charge is -2.36. The van der Waals surface area contributed by atoms with Crippen LogP contribution in [0.1, 0.15) is 27.5 Å². The number of nitrogens with zero attached hydrogens (tertiary/aromatic N) is 4. The molecule has 0 aliphatic carbocycles. The second-order valence-corrected chi connectivity index (χ2v) is 8.54. The van der Waals surface area contributed by atoms with Crippen LogP contribution in [0.3, 0.4) is 0 Å². The zero-order chi connectivity index (χ0) is 25.8. The van der Waals surface area contributed by atoms with Crippen LogP contribution in [0.2, 0.25) is 0 Å². The van der Waals surface area contributed by atoms with Crippen molar-refractivity contribution >= 4 is 33.5 Å². The molecular formula is C24H20F5N5O2. The number of rotatable bonds is 3. The van der Waals surface area contributed by atoms with Crippen molar-refractivity contribution in [3.05, 3.63) is 65.4 Å². The van der Waals surface area contributed by atoms with E-state index in [-0.39, 0.29) is 25.7 Å². The van der Waals surface area contributed by atoms with Crippen molar-refractivity contribution in [1.82, 2.24) is 19.7 Å². The van der Waals surface area contributed by atoms with Crippen LogP contribution >= 0.6 is 0 Å². The number of amides is 1. The van der Waals surface area contributed by atoms with E-state index in [2.05, 4.69) is 10.1 Å². The topological polar surface area (TPSA) is 86.3 Å². The summed E-state index contributed by atoms with van der Waals surface area (Å²) in [7, 11) is 1.75. The minimum Gasteiger partial charge on any atom is -0.383 e. The molecule has 0 radical (unpaired) electrons. The number of morpholine rings is 1. The Bertz CT molecular complexity index is 1470. The molecule has 1 aliphatic heterocycles. The molecule has 188 valence electrons. The maximum atomic E-state index is 13.7. The van der Waals surface area contributed by atoms with Gasteiger partial charge in [-0.2, -0.15) is 27.1 Å². The van der Waals surface area contributed by atoms with Crippen molar-refractivity contribution in [2.24, 2.45) is 7.05 Å². The molecule has 0 unspecified atom stereocenters. The van der Waals surface area contributed by atoms with Crippen LogP contribution in [0.4, 0.5) is 27.8 Å². The fourth-order valence-electron chi connectivity index (χ4n) is 4.46. The summed E-state index contributed by atoms with van der Waals surface area (Å²) in [6, 6.07) is 8.09. The molecule has 4 aromatic rings. The summed E-state index contributed by atoms with van der Waals surface area (Å²) >= 11 is 0. The van der Waals surface area contributed by atoms with Gasteiger partial charge in [-0.25, -0.2) is 4.98 Å². The largest absolute Gasteiger partial charge is 0.458 e. The van der Waals surface area contributed by atoms with E-state index in [1.807, 2.05) is 0 Å². The number of anilines is 1. The number of aryl methyl sites for hydroxylation is 1. The monoisotopic (exact) mass is 505 g/mol. The Morgan fingerprint density at radius 3 is 2.50 bits per heavy atom. The first-order chi connectivity index (χ1) is 17.0. The summed E-state index contributed by atoms with van der Waals surface area (Å²) in [4.78, 5) is 19.4. The van der Waals surface area contributed by atoms with Crippen LogP contribution < -0.4 is 5.73 Å². The third kappa shape index (κ3) is 3.81. The van der Waals surface area contributed by atoms with Gasteiger partial charge in [0.25, 0.3) is 5.91 Å². The Morgan fingerprint density at radius 1 is 1.08 bits per heavy atom. The van der Waals surface area contributed by atoms with Gasteiger partial charge in [-0.3, -0.25) is 9.48 Å². The number of aromatic nitrogens is 3. The number of carbonyl (C=O) groups excluding carboxylic acids is 1. The Hall–Kier alpha value is -3.80. The standard InChI is InChI=1S/C24H20F5N5O2/c1-33-20-16-10-14(4-7-18(16)32-21(30)17(20)11-31-33)22(35)34-8-9-36-12-19(34)13-2-5-15(6-3-13)23(25,26)24(27,28)29/h2-7,10-11,19H,8-9,12H2,1H3,(H2,30,32)/t19-/m1/s1. The number of benzene rings is 2. The van der Waals surface area contributed by atoms with Crippen molar-refractivity contribution in [1.29, 1.82) is 0 Å². The molecule has 7 nitrogen and oxygen atoms in total. The SMILES string of the molecule is Cn1ncc2c(N)nc3ccc(C(=O)N4CCOC[C@@H]4c4ccc(C(F)(F)C(F)(F)F)cc4)cc3c21. The molecule has 1 saturated heterocycles. The molecule has 0 spiro atoms. The van der Waals surface area contributed by atoms with Gasteiger partial charge in [0.15, 0.2) is 0 Å². The highest BCUT2D eigenvalue weighted by Crippen LogP contribution is 2.44. The molecule has 0 bridgehead atoms. The van der Waals surface area contributed by atoms with Crippen molar-refractivity contribution in [2.45, 2.75) is 18.1 Å². The van der Waals surface area contributed by atoms with Crippen LogP contribution in [0, 0.1) is 0 Å². The molecule has 12 heteroatoms. The van der Waals surface area contributed by atoms with Crippen molar-refractivity contribution in [3.8, 4) is 0 Å². The molecule has 3 heterocycles. The summed E-state index contributed by atoms with van der Waals surface area (Å²) in [6.45, 7) is 0.533. The second kappa shape index (κ2) is 8.40. The molecule has 1 atom stereocenters. The molecule has 1 amide bonds. The number of nitrogens with two attached hydrogens (primary N) is 1. The van der Waals surface area contributed by atoms with Gasteiger partial charge in [-0.1, -0.05) is 24.3 Å². The predicted molar refractivity (Wildman–Crippen MR) is 121 cm³/mol. The van der Waals surface area contributed by atoms with E-state index in [1.54, 1.807) is 36.1 Å². The molecular weight excluding hydrogens is 485 g/mol. The van der Waals surface area contributed by atoms with Crippen molar-refractivity contribution in [2.75, 3.05) is 25.5 Å². The van der Waals surface area contributed by atoms with E-state index >= 15 is 0 Å². The Labute approximate surface area is 201 Å². The number of carbonyl (C=O) groups is 1. The molecule has 5 rings (SSSR count). The normalized spacial score (nSPS) is 17.2. The number of fused-ring (bicyclic) bond motifs is 3. The summed E-state index contributed by atoms with van der Waals surface area (Å²) in [5.41, 5.74) is 6.89. The summed E-state index contributed by atoms with van der Waals surface area (Å²) in [6.07, 6.45) is -4.12. The second-order valence-electron chi connectivity index (χ2n) is 8.54. The van der Waals surface area contributed by atoms with Gasteiger partial charge in [0.05, 0.1) is 41.9 Å². The minimum absolute atomic E-state index is 0.0679. The summed E-state index contributed by atoms with van der Waals surface area (Å²) < 4.78 is 72.7. The molecule has 2 aromatic heterocycles. The maximum absolute atomic E-state index is 13.7. The Morgan fingerprint density at radius 2 is 1.81 bits per heavy atom. The lowest BCUT2D eigenvalue weighted by Crippen LogP contribution is -2.43. The Balaban J connectivity index is 1.49. The van der Waals surface area contributed by atoms with Gasteiger partial charge in [0, 0.05) is 30.1 Å². The molecule has 1 aliphatic rings. The zero-order valence-corrected chi connectivity index (χ0v) is 18.9. The van der Waals surface area contributed by atoms with Crippen LogP contribution in [0.15, 0.2) is 48.7 Å². The third-order valence-electron chi connectivity index (χ3n) is 6.36. The van der Waals surface area contributed by atoms with Crippen LogP contribution in [0.25, 0.3) is 21.8 Å². The number of nitrogen functional groups attached to an aromatic ring is 1. The van der Waals surface area contributed by atoms with E-state index in [1.165, 1.54) is 17.0 Å². The highest BCUT2D eigenvalue weighted by atomic mass is 19.4. The maximum Gasteiger partial charge on any atom is 0.458 e. The number of alkyl halides is 5. The first kappa shape index (κ1) is 23.9. The smallest absolute Gasteiger partial charge is 0.383 e. The predicted octanol–water partition coefficient (Wildman–Crippen LogP) is 4.57. The fraction of sp³-hybridized carbons (Fsp3) is 0.292. The van der Waals surface area contributed by atoms with Crippen LogP contribution in [-0.4, -0.2) is 51.5 Å². The number of halogens is 5. The van der Waals surface area contributed by atoms with Crippen LogP contribution in [0.5, 0.6) is 0 Å². The van der Waals surface area contributed by atoms with Gasteiger partial charge < -0.3 is 15.4 Å². The lowest BCUT2D eigenvalue weighted by atomic mass is 9.99. The van der Waals surface area contributed by atoms with Gasteiger partial charge in [-0.05, 0) is 23.8 Å². The van der Waals surface area contributed by atoms with Gasteiger partial charge in [-0.15, -0.1) is 0 Å². The molecule has 2 aromatic carbocycles. The first-order valence-electron chi connectivity index (χ1n) is 10.9. The highest BCUT2D eigenvalue weighted by molar-refractivity contribution is 6.10. The van der Waals surface area contributed by atoms with E-state index in [9.17, 15) is 26.7 Å². The summed E-state index contributed by atoms with van der Waals surface area (Å²) in [5, 5.41) is 5.55. The molecule has 1 fully saturated rings. The average Bonchev–Trinajstić information content (AvgIpc) is 3.25. The summed E-state index contributed by atoms with van der Waals surface area (Å²) in [5.74, 6) is -5.01. The van der Waals surface area contributed by atoms with E-state index in [4.69, 9.17) is 10.5 Å². The lowest BCUT2D eigenvalue weighted by molar-refractivity contribution is -0.289. The quantitative estimate of drug-likeness (QED) is 0.413. The van der Waals surface area contributed by atoms with Gasteiger partial charge >= 0.3 is 12.1 Å². The van der Waals surface area contributed by atoms with Crippen molar-refractivity contribution in [3.63, 3.8) is 0 Å². The van der Waals surface area contributed by atoms with Gasteiger partial charge in [0.2, 0.25) is 0 Å². The number of pyridine rings is 1. The average molecular weight is 505 g/mol. The Kier molecular flexibility index (Phi) is 5.58. The van der Waals surface area contributed by atoms with Crippen LogP contribution in [-0.2, 0) is 17.7 Å². The number of hydrogen-bond donors (Lipinski definition) is 1. The fourth-order valence-corrected chi connectivity index (χ4v) is 4.46. The number of ether oxygens (including phenoxy) is 1. The van der Waals surface area contributed by atoms with E-state index < -0.39 is 23.7 Å². The minimum atomic E-state index is -5.71. The molecule has 0 saturated carbocycles. The molecule has 36 heavy (non-hydrogen) atoms. The van der Waals surface area contributed by atoms with E-state index in [0.717, 1.165) is 12.1 Å². The highest BCUT2D eigenvalue weighted by Gasteiger charge is 2.58. The van der Waals surface area contributed by atoms with Crippen molar-refractivity contribution < 1.29 is 31.5 Å². The number of hydrogen-bond acceptors (Lipinski definition) is 5.